The molecule has 130 valence electrons. The van der Waals surface area contributed by atoms with E-state index in [-0.39, 0.29) is 12.0 Å². The number of nitrogens with one attached hydrogen (secondary N) is 1. The summed E-state index contributed by atoms with van der Waals surface area (Å²) in [5.41, 5.74) is 4.67. The smallest absolute Gasteiger partial charge is 0.258 e. The topological polar surface area (TPSA) is 64.1 Å². The molecule has 1 fully saturated rings. The molecule has 26 heavy (non-hydrogen) atoms. The van der Waals surface area contributed by atoms with Crippen LogP contribution in [0.2, 0.25) is 0 Å². The average molecular weight is 345 g/mol. The van der Waals surface area contributed by atoms with E-state index in [4.69, 9.17) is 4.74 Å². The van der Waals surface area contributed by atoms with Crippen molar-refractivity contribution in [2.24, 2.45) is 0 Å². The van der Waals surface area contributed by atoms with E-state index in [1.54, 1.807) is 24.5 Å². The molecular weight excluding hydrogens is 326 g/mol. The molecule has 5 nitrogen and oxygen atoms in total. The van der Waals surface area contributed by atoms with Crippen LogP contribution in [-0.4, -0.2) is 22.5 Å². The molecule has 1 N–H and O–H groups in total. The quantitative estimate of drug-likeness (QED) is 0.771. The maximum atomic E-state index is 12.2. The van der Waals surface area contributed by atoms with Crippen molar-refractivity contribution < 1.29 is 9.53 Å². The lowest BCUT2D eigenvalue weighted by Crippen LogP contribution is -2.18. The Morgan fingerprint density at radius 1 is 1.08 bits per heavy atom. The highest BCUT2D eigenvalue weighted by Crippen LogP contribution is 2.31. The van der Waals surface area contributed by atoms with Gasteiger partial charge in [0, 0.05) is 30.1 Å². The third kappa shape index (κ3) is 3.48. The van der Waals surface area contributed by atoms with E-state index < -0.39 is 0 Å². The molecule has 0 saturated carbocycles. The number of benzene rings is 1. The van der Waals surface area contributed by atoms with Gasteiger partial charge >= 0.3 is 0 Å². The standard InChI is InChI=1S/C21H19N3O2/c1-14-5-6-18(13-22-14)21(25)24-20-8-7-17(12-23-20)15-3-2-4-16(11-15)19-9-10-26-19/h2-8,11-13,19H,9-10H2,1H3,(H,23,24,25). The van der Waals surface area contributed by atoms with Crippen molar-refractivity contribution in [1.29, 1.82) is 0 Å². The minimum absolute atomic E-state index is 0.213. The molecule has 1 aromatic carbocycles. The Bertz CT molecular complexity index is 917. The number of carbonyl (C=O) groups excluding carboxylic acids is 1. The zero-order chi connectivity index (χ0) is 17.9. The van der Waals surface area contributed by atoms with Crippen molar-refractivity contribution >= 4 is 11.7 Å². The van der Waals surface area contributed by atoms with Crippen LogP contribution in [0.25, 0.3) is 11.1 Å². The molecule has 0 bridgehead atoms. The van der Waals surface area contributed by atoms with E-state index in [9.17, 15) is 4.79 Å². The second kappa shape index (κ2) is 7.06. The SMILES string of the molecule is Cc1ccc(C(=O)Nc2ccc(-c3cccc(C4CCO4)c3)cn2)cn1. The highest BCUT2D eigenvalue weighted by Gasteiger charge is 2.20. The van der Waals surface area contributed by atoms with Crippen molar-refractivity contribution in [3.8, 4) is 11.1 Å². The highest BCUT2D eigenvalue weighted by molar-refractivity contribution is 6.03. The predicted molar refractivity (Wildman–Crippen MR) is 99.9 cm³/mol. The summed E-state index contributed by atoms with van der Waals surface area (Å²) >= 11 is 0. The van der Waals surface area contributed by atoms with E-state index in [1.165, 1.54) is 5.56 Å². The fourth-order valence-electron chi connectivity index (χ4n) is 2.85. The zero-order valence-electron chi connectivity index (χ0n) is 14.5. The average Bonchev–Trinajstić information content (AvgIpc) is 2.62. The second-order valence-electron chi connectivity index (χ2n) is 6.35. The summed E-state index contributed by atoms with van der Waals surface area (Å²) in [5, 5.41) is 2.79. The lowest BCUT2D eigenvalue weighted by atomic mass is 9.98. The van der Waals surface area contributed by atoms with Gasteiger partial charge in [0.1, 0.15) is 5.82 Å². The van der Waals surface area contributed by atoms with Crippen LogP contribution in [-0.2, 0) is 4.74 Å². The molecule has 1 unspecified atom stereocenters. The van der Waals surface area contributed by atoms with E-state index >= 15 is 0 Å². The first-order chi connectivity index (χ1) is 12.7. The minimum Gasteiger partial charge on any atom is -0.373 e. The van der Waals surface area contributed by atoms with Gasteiger partial charge in [0.2, 0.25) is 0 Å². The van der Waals surface area contributed by atoms with Crippen LogP contribution >= 0.6 is 0 Å². The number of hydrogen-bond acceptors (Lipinski definition) is 4. The molecule has 4 rings (SSSR count). The monoisotopic (exact) mass is 345 g/mol. The number of aryl methyl sites for hydroxylation is 1. The molecule has 1 saturated heterocycles. The fraction of sp³-hybridized carbons (Fsp3) is 0.190. The van der Waals surface area contributed by atoms with Crippen molar-refractivity contribution in [1.82, 2.24) is 9.97 Å². The summed E-state index contributed by atoms with van der Waals surface area (Å²) in [7, 11) is 0. The molecule has 1 aliphatic heterocycles. The number of rotatable bonds is 4. The first kappa shape index (κ1) is 16.4. The van der Waals surface area contributed by atoms with Gasteiger partial charge in [-0.25, -0.2) is 4.98 Å². The third-order valence-corrected chi connectivity index (χ3v) is 4.47. The number of pyridine rings is 2. The highest BCUT2D eigenvalue weighted by atomic mass is 16.5. The molecule has 2 aromatic heterocycles. The number of hydrogen-bond donors (Lipinski definition) is 1. The predicted octanol–water partition coefficient (Wildman–Crippen LogP) is 4.17. The van der Waals surface area contributed by atoms with Crippen molar-refractivity contribution in [2.75, 3.05) is 11.9 Å². The normalized spacial score (nSPS) is 16.0. The van der Waals surface area contributed by atoms with E-state index in [0.29, 0.717) is 11.4 Å². The number of carbonyl (C=O) groups is 1. The fourth-order valence-corrected chi connectivity index (χ4v) is 2.85. The Balaban J connectivity index is 1.48. The van der Waals surface area contributed by atoms with E-state index in [2.05, 4.69) is 33.5 Å². The van der Waals surface area contributed by atoms with Gasteiger partial charge in [0.15, 0.2) is 0 Å². The number of aromatic nitrogens is 2. The minimum atomic E-state index is -0.220. The molecule has 3 aromatic rings. The molecule has 0 aliphatic carbocycles. The Labute approximate surface area is 152 Å². The van der Waals surface area contributed by atoms with E-state index in [1.807, 2.05) is 25.1 Å². The molecule has 5 heteroatoms. The summed E-state index contributed by atoms with van der Waals surface area (Å²) in [4.78, 5) is 20.7. The molecule has 3 heterocycles. The Morgan fingerprint density at radius 3 is 2.62 bits per heavy atom. The summed E-state index contributed by atoms with van der Waals surface area (Å²) in [6, 6.07) is 15.6. The molecule has 0 spiro atoms. The van der Waals surface area contributed by atoms with Gasteiger partial charge in [-0.3, -0.25) is 9.78 Å². The number of amides is 1. The molecule has 1 aliphatic rings. The van der Waals surface area contributed by atoms with Crippen LogP contribution in [0, 0.1) is 6.92 Å². The van der Waals surface area contributed by atoms with Crippen molar-refractivity contribution in [3.63, 3.8) is 0 Å². The number of nitrogens with zero attached hydrogens (tertiary/aromatic N) is 2. The van der Waals surface area contributed by atoms with Gasteiger partial charge < -0.3 is 10.1 Å². The molecular formula is C21H19N3O2. The zero-order valence-corrected chi connectivity index (χ0v) is 14.5. The van der Waals surface area contributed by atoms with Crippen LogP contribution in [0.15, 0.2) is 60.9 Å². The maximum absolute atomic E-state index is 12.2. The number of ether oxygens (including phenoxy) is 1. The van der Waals surface area contributed by atoms with Gasteiger partial charge in [-0.2, -0.15) is 0 Å². The largest absolute Gasteiger partial charge is 0.373 e. The molecule has 0 radical (unpaired) electrons. The third-order valence-electron chi connectivity index (χ3n) is 4.47. The van der Waals surface area contributed by atoms with E-state index in [0.717, 1.165) is 29.8 Å². The summed E-state index contributed by atoms with van der Waals surface area (Å²) in [6.45, 7) is 2.72. The Hall–Kier alpha value is -3.05. The summed E-state index contributed by atoms with van der Waals surface area (Å²) < 4.78 is 5.55. The van der Waals surface area contributed by atoms with Crippen molar-refractivity contribution in [3.05, 3.63) is 77.7 Å². The van der Waals surface area contributed by atoms with Crippen LogP contribution in [0.1, 0.15) is 34.1 Å². The Kier molecular flexibility index (Phi) is 4.46. The van der Waals surface area contributed by atoms with Crippen LogP contribution < -0.4 is 5.32 Å². The van der Waals surface area contributed by atoms with Gasteiger partial charge in [0.25, 0.3) is 5.91 Å². The summed E-state index contributed by atoms with van der Waals surface area (Å²) in [6.07, 6.45) is 4.61. The first-order valence-electron chi connectivity index (χ1n) is 8.61. The lowest BCUT2D eigenvalue weighted by Gasteiger charge is -2.27. The maximum Gasteiger partial charge on any atom is 0.258 e. The lowest BCUT2D eigenvalue weighted by molar-refractivity contribution is -0.0526. The first-order valence-corrected chi connectivity index (χ1v) is 8.61. The van der Waals surface area contributed by atoms with Crippen LogP contribution in [0.5, 0.6) is 0 Å². The Morgan fingerprint density at radius 2 is 1.96 bits per heavy atom. The second-order valence-corrected chi connectivity index (χ2v) is 6.35. The molecule has 1 atom stereocenters. The van der Waals surface area contributed by atoms with Gasteiger partial charge in [-0.05, 0) is 48.4 Å². The van der Waals surface area contributed by atoms with Crippen LogP contribution in [0.3, 0.4) is 0 Å². The number of anilines is 1. The van der Waals surface area contributed by atoms with Crippen molar-refractivity contribution in [2.45, 2.75) is 19.4 Å². The molecule has 1 amide bonds. The van der Waals surface area contributed by atoms with Crippen LogP contribution in [0.4, 0.5) is 5.82 Å². The van der Waals surface area contributed by atoms with Gasteiger partial charge in [0.05, 0.1) is 18.3 Å². The summed E-state index contributed by atoms with van der Waals surface area (Å²) in [5.74, 6) is 0.291. The van der Waals surface area contributed by atoms with Gasteiger partial charge in [-0.15, -0.1) is 0 Å². The van der Waals surface area contributed by atoms with Gasteiger partial charge in [-0.1, -0.05) is 18.2 Å².